The number of aliphatic hydroxyl groups is 1. The Hall–Kier alpha value is -4.17. The summed E-state index contributed by atoms with van der Waals surface area (Å²) in [6.45, 7) is 3.17. The molecule has 3 aliphatic rings. The molecule has 8 nitrogen and oxygen atoms in total. The van der Waals surface area contributed by atoms with E-state index in [0.717, 1.165) is 0 Å². The molecule has 1 spiro atoms. The van der Waals surface area contributed by atoms with Gasteiger partial charge < -0.3 is 24.5 Å². The van der Waals surface area contributed by atoms with Gasteiger partial charge in [0, 0.05) is 22.6 Å². The van der Waals surface area contributed by atoms with E-state index < -0.39 is 29.0 Å². The molecule has 0 fully saturated rings. The molecule has 2 heterocycles. The van der Waals surface area contributed by atoms with Crippen molar-refractivity contribution in [3.05, 3.63) is 79.7 Å². The van der Waals surface area contributed by atoms with Gasteiger partial charge in [0.05, 0.1) is 17.4 Å². The van der Waals surface area contributed by atoms with E-state index in [2.05, 4.69) is 0 Å². The molecular formula is C27H18O8. The van der Waals surface area contributed by atoms with Crippen LogP contribution in [0.2, 0.25) is 0 Å². The molecule has 8 heteroatoms. The second-order valence-electron chi connectivity index (χ2n) is 9.64. The monoisotopic (exact) mass is 470 g/mol. The van der Waals surface area contributed by atoms with Crippen LogP contribution < -0.4 is 5.63 Å². The van der Waals surface area contributed by atoms with Gasteiger partial charge in [-0.2, -0.15) is 0 Å². The Balaban J connectivity index is 1.81. The van der Waals surface area contributed by atoms with E-state index in [1.54, 1.807) is 26.0 Å². The van der Waals surface area contributed by atoms with Crippen LogP contribution in [0.25, 0.3) is 21.7 Å². The molecule has 3 aromatic carbocycles. The lowest BCUT2D eigenvalue weighted by Gasteiger charge is -2.43. The van der Waals surface area contributed by atoms with E-state index in [9.17, 15) is 29.7 Å². The Kier molecular flexibility index (Phi) is 3.52. The lowest BCUT2D eigenvalue weighted by Crippen LogP contribution is -2.52. The molecule has 7 rings (SSSR count). The molecule has 0 saturated heterocycles. The Bertz CT molecular complexity index is 1780. The minimum absolute atomic E-state index is 0.00592. The van der Waals surface area contributed by atoms with Crippen molar-refractivity contribution in [3.63, 3.8) is 0 Å². The van der Waals surface area contributed by atoms with Gasteiger partial charge in [-0.15, -0.1) is 0 Å². The van der Waals surface area contributed by atoms with Crippen molar-refractivity contribution in [2.75, 3.05) is 6.61 Å². The number of rotatable bonds is 0. The zero-order valence-electron chi connectivity index (χ0n) is 18.6. The molecule has 0 radical (unpaired) electrons. The number of cyclic esters (lactones) is 1. The lowest BCUT2D eigenvalue weighted by atomic mass is 9.63. The Morgan fingerprint density at radius 1 is 0.943 bits per heavy atom. The fraction of sp³-hybridized carbons (Fsp3) is 0.222. The highest BCUT2D eigenvalue weighted by Gasteiger charge is 2.65. The highest BCUT2D eigenvalue weighted by molar-refractivity contribution is 6.19. The molecule has 0 unspecified atom stereocenters. The number of benzene rings is 3. The summed E-state index contributed by atoms with van der Waals surface area (Å²) in [5.41, 5.74) is 0.426. The number of fused-ring (bicyclic) bond motifs is 8. The maximum Gasteiger partial charge on any atom is 0.342 e. The minimum atomic E-state index is -1.43. The Morgan fingerprint density at radius 3 is 2.49 bits per heavy atom. The summed E-state index contributed by atoms with van der Waals surface area (Å²) in [5, 5.41) is 34.6. The van der Waals surface area contributed by atoms with Crippen molar-refractivity contribution in [1.82, 2.24) is 0 Å². The molecule has 3 atom stereocenters. The number of phenols is 2. The second kappa shape index (κ2) is 6.09. The van der Waals surface area contributed by atoms with Crippen LogP contribution in [-0.2, 0) is 10.2 Å². The van der Waals surface area contributed by atoms with Crippen molar-refractivity contribution >= 4 is 33.5 Å². The van der Waals surface area contributed by atoms with Gasteiger partial charge in [-0.25, -0.2) is 9.59 Å². The molecule has 174 valence electrons. The highest BCUT2D eigenvalue weighted by Crippen LogP contribution is 2.62. The maximum atomic E-state index is 14.0. The number of esters is 1. The molecule has 0 saturated carbocycles. The molecule has 2 aliphatic carbocycles. The first-order valence-electron chi connectivity index (χ1n) is 11.2. The largest absolute Gasteiger partial charge is 0.508 e. The molecule has 1 aliphatic heterocycles. The van der Waals surface area contributed by atoms with E-state index in [1.165, 1.54) is 18.2 Å². The fourth-order valence-electron chi connectivity index (χ4n) is 6.70. The summed E-state index contributed by atoms with van der Waals surface area (Å²) in [6.07, 6.45) is -1.34. The third kappa shape index (κ3) is 2.10. The number of phenolic OH excluding ortho intramolecular Hbond substituents is 2. The summed E-state index contributed by atoms with van der Waals surface area (Å²) in [6, 6.07) is 7.32. The summed E-state index contributed by atoms with van der Waals surface area (Å²) in [4.78, 5) is 39.2. The van der Waals surface area contributed by atoms with Gasteiger partial charge in [0.25, 0.3) is 0 Å². The van der Waals surface area contributed by atoms with Crippen LogP contribution in [0.15, 0.2) is 39.5 Å². The van der Waals surface area contributed by atoms with Gasteiger partial charge >= 0.3 is 11.6 Å². The van der Waals surface area contributed by atoms with Gasteiger partial charge in [0.2, 0.25) is 0 Å². The number of aromatic hydroxyl groups is 2. The van der Waals surface area contributed by atoms with E-state index in [-0.39, 0.29) is 46.2 Å². The topological polar surface area (TPSA) is 134 Å². The van der Waals surface area contributed by atoms with Crippen LogP contribution in [0.3, 0.4) is 0 Å². The standard InChI is InChI=1S/C27H18O8/c1-9-5-11(28)7-13-12-3-4-15(30)35-24(12)22-19(16(9)13)20-23(31)17-10(2)6-14(29)18-21(17)27(22,25(20)32)8-34-26(18)33/h3-7,20,25,28-29,32H,8H2,1-2H3/t20-,25-,27-/m0/s1. The van der Waals surface area contributed by atoms with Gasteiger partial charge in [-0.05, 0) is 71.1 Å². The predicted molar refractivity (Wildman–Crippen MR) is 123 cm³/mol. The van der Waals surface area contributed by atoms with Crippen molar-refractivity contribution in [1.29, 1.82) is 0 Å². The van der Waals surface area contributed by atoms with Crippen LogP contribution in [0.4, 0.5) is 0 Å². The summed E-state index contributed by atoms with van der Waals surface area (Å²) >= 11 is 0. The minimum Gasteiger partial charge on any atom is -0.508 e. The number of carbonyl (C=O) groups is 2. The van der Waals surface area contributed by atoms with E-state index >= 15 is 0 Å². The zero-order valence-corrected chi connectivity index (χ0v) is 18.6. The second-order valence-corrected chi connectivity index (χ2v) is 9.64. The van der Waals surface area contributed by atoms with Gasteiger partial charge in [0.1, 0.15) is 29.3 Å². The van der Waals surface area contributed by atoms with Crippen LogP contribution >= 0.6 is 0 Å². The normalized spacial score (nSPS) is 24.0. The summed E-state index contributed by atoms with van der Waals surface area (Å²) in [7, 11) is 0. The molecule has 4 aromatic rings. The van der Waals surface area contributed by atoms with Crippen LogP contribution in [0, 0.1) is 13.8 Å². The summed E-state index contributed by atoms with van der Waals surface area (Å²) < 4.78 is 11.2. The number of ketones is 1. The molecule has 2 bridgehead atoms. The number of aryl methyl sites for hydroxylation is 2. The van der Waals surface area contributed by atoms with Gasteiger partial charge in [-0.3, -0.25) is 4.79 Å². The van der Waals surface area contributed by atoms with Crippen LogP contribution in [0.5, 0.6) is 11.5 Å². The van der Waals surface area contributed by atoms with Gasteiger partial charge in [-0.1, -0.05) is 0 Å². The van der Waals surface area contributed by atoms with Crippen LogP contribution in [0.1, 0.15) is 54.5 Å². The van der Waals surface area contributed by atoms with E-state index in [4.69, 9.17) is 9.15 Å². The SMILES string of the molecule is Cc1cc(O)c2c3c1C(=O)[C@@H]1c4c(c5oc(=O)ccc5c5cc(O)cc(C)c45)[C@@]3(COC2=O)[C@H]1O. The van der Waals surface area contributed by atoms with Crippen molar-refractivity contribution in [2.45, 2.75) is 31.3 Å². The first-order valence-corrected chi connectivity index (χ1v) is 11.2. The van der Waals surface area contributed by atoms with Crippen molar-refractivity contribution < 1.29 is 34.1 Å². The van der Waals surface area contributed by atoms with Crippen molar-refractivity contribution in [2.24, 2.45) is 0 Å². The zero-order chi connectivity index (χ0) is 24.5. The number of hydrogen-bond acceptors (Lipinski definition) is 8. The number of carbonyl (C=O) groups excluding carboxylic acids is 2. The number of hydrogen-bond donors (Lipinski definition) is 3. The fourth-order valence-corrected chi connectivity index (χ4v) is 6.70. The van der Waals surface area contributed by atoms with Crippen LogP contribution in [-0.4, -0.2) is 39.8 Å². The third-order valence-corrected chi connectivity index (χ3v) is 7.90. The Morgan fingerprint density at radius 2 is 1.71 bits per heavy atom. The third-order valence-electron chi connectivity index (χ3n) is 7.90. The highest BCUT2D eigenvalue weighted by atomic mass is 16.5. The quantitative estimate of drug-likeness (QED) is 0.203. The van der Waals surface area contributed by atoms with E-state index in [1.807, 2.05) is 0 Å². The first kappa shape index (κ1) is 20.2. The maximum absolute atomic E-state index is 14.0. The van der Waals surface area contributed by atoms with Gasteiger partial charge in [0.15, 0.2) is 5.78 Å². The molecule has 0 amide bonds. The number of ether oxygens (including phenoxy) is 1. The average molecular weight is 470 g/mol. The average Bonchev–Trinajstić information content (AvgIpc) is 2.97. The number of aliphatic hydroxyl groups excluding tert-OH is 1. The molecular weight excluding hydrogens is 452 g/mol. The Labute approximate surface area is 197 Å². The molecule has 3 N–H and O–H groups in total. The molecule has 35 heavy (non-hydrogen) atoms. The number of Topliss-reactive ketones (excluding diaryl/α,β-unsaturated/α-hetero) is 1. The summed E-state index contributed by atoms with van der Waals surface area (Å²) in [5.74, 6) is -2.53. The molecule has 1 aromatic heterocycles. The smallest absolute Gasteiger partial charge is 0.342 e. The van der Waals surface area contributed by atoms with Crippen molar-refractivity contribution in [3.8, 4) is 11.5 Å². The lowest BCUT2D eigenvalue weighted by molar-refractivity contribution is 0.00774. The predicted octanol–water partition coefficient (Wildman–Crippen LogP) is 3.09. The van der Waals surface area contributed by atoms with E-state index in [0.29, 0.717) is 38.4 Å². The first-order chi connectivity index (χ1) is 16.7.